The Morgan fingerprint density at radius 1 is 1.22 bits per heavy atom. The minimum Gasteiger partial charge on any atom is -0.463 e. The molecule has 126 valence electrons. The summed E-state index contributed by atoms with van der Waals surface area (Å²) >= 11 is 0. The number of benzene rings is 1. The van der Waals surface area contributed by atoms with Crippen LogP contribution in [0, 0.1) is 5.82 Å². The molecule has 0 heterocycles. The Morgan fingerprint density at radius 2 is 1.78 bits per heavy atom. The quantitative estimate of drug-likeness (QED) is 0.606. The first-order valence-electron chi connectivity index (χ1n) is 7.15. The Hall–Kier alpha value is -2.37. The molecule has 0 aliphatic carbocycles. The number of carbonyl (C=O) groups excluding carboxylic acids is 2. The van der Waals surface area contributed by atoms with Gasteiger partial charge in [0.1, 0.15) is 11.4 Å². The van der Waals surface area contributed by atoms with Crippen LogP contribution in [0.1, 0.15) is 39.4 Å². The standard InChI is InChI=1S/C17H21FO5/c1-6-21-15(19)11(2)14(12-7-9-13(18)10-8-12)22-16(20)23-17(3,4)5/h7-10,14H,2,6H2,1,3-5H3. The summed E-state index contributed by atoms with van der Waals surface area (Å²) in [6, 6.07) is 5.18. The van der Waals surface area contributed by atoms with Gasteiger partial charge in [0.15, 0.2) is 6.10 Å². The zero-order valence-corrected chi connectivity index (χ0v) is 13.7. The van der Waals surface area contributed by atoms with Crippen molar-refractivity contribution < 1.29 is 28.2 Å². The average Bonchev–Trinajstić information content (AvgIpc) is 2.43. The van der Waals surface area contributed by atoms with E-state index in [1.165, 1.54) is 24.3 Å². The smallest absolute Gasteiger partial charge is 0.463 e. The number of carbonyl (C=O) groups is 2. The number of halogens is 1. The highest BCUT2D eigenvalue weighted by Gasteiger charge is 2.28. The lowest BCUT2D eigenvalue weighted by Gasteiger charge is -2.23. The molecule has 23 heavy (non-hydrogen) atoms. The normalized spacial score (nSPS) is 12.2. The third-order valence-corrected chi connectivity index (χ3v) is 2.63. The maximum Gasteiger partial charge on any atom is 0.509 e. The van der Waals surface area contributed by atoms with Gasteiger partial charge in [0, 0.05) is 0 Å². The Labute approximate surface area is 135 Å². The van der Waals surface area contributed by atoms with Crippen molar-refractivity contribution in [3.8, 4) is 0 Å². The molecule has 0 aliphatic heterocycles. The second kappa shape index (κ2) is 7.76. The van der Waals surface area contributed by atoms with Gasteiger partial charge in [-0.1, -0.05) is 18.7 Å². The van der Waals surface area contributed by atoms with Crippen molar-refractivity contribution >= 4 is 12.1 Å². The molecule has 0 spiro atoms. The van der Waals surface area contributed by atoms with Crippen LogP contribution in [0.15, 0.2) is 36.4 Å². The molecule has 1 aromatic rings. The van der Waals surface area contributed by atoms with Gasteiger partial charge in [-0.2, -0.15) is 0 Å². The molecule has 1 atom stereocenters. The third-order valence-electron chi connectivity index (χ3n) is 2.63. The molecular weight excluding hydrogens is 303 g/mol. The maximum atomic E-state index is 13.1. The van der Waals surface area contributed by atoms with Crippen LogP contribution in [0.5, 0.6) is 0 Å². The van der Waals surface area contributed by atoms with Gasteiger partial charge in [0.2, 0.25) is 0 Å². The summed E-state index contributed by atoms with van der Waals surface area (Å²) in [4.78, 5) is 23.7. The van der Waals surface area contributed by atoms with Crippen LogP contribution < -0.4 is 0 Å². The number of hydrogen-bond acceptors (Lipinski definition) is 5. The topological polar surface area (TPSA) is 61.8 Å². The SMILES string of the molecule is C=C(C(=O)OCC)C(OC(=O)OC(C)(C)C)c1ccc(F)cc1. The summed E-state index contributed by atoms with van der Waals surface area (Å²) in [6.45, 7) is 10.5. The average molecular weight is 324 g/mol. The zero-order chi connectivity index (χ0) is 17.6. The minimum absolute atomic E-state index is 0.0793. The predicted octanol–water partition coefficient (Wildman–Crippen LogP) is 3.94. The van der Waals surface area contributed by atoms with Crippen molar-refractivity contribution in [2.75, 3.05) is 6.61 Å². The van der Waals surface area contributed by atoms with Crippen LogP contribution in [-0.4, -0.2) is 24.3 Å². The summed E-state index contributed by atoms with van der Waals surface area (Å²) in [5, 5.41) is 0. The molecule has 5 nitrogen and oxygen atoms in total. The summed E-state index contributed by atoms with van der Waals surface area (Å²) in [5.41, 5.74) is -0.449. The van der Waals surface area contributed by atoms with Crippen LogP contribution in [0.4, 0.5) is 9.18 Å². The Kier molecular flexibility index (Phi) is 6.30. The summed E-state index contributed by atoms with van der Waals surface area (Å²) in [7, 11) is 0. The van der Waals surface area contributed by atoms with Crippen LogP contribution >= 0.6 is 0 Å². The fourth-order valence-corrected chi connectivity index (χ4v) is 1.68. The Morgan fingerprint density at radius 3 is 2.26 bits per heavy atom. The Bertz CT molecular complexity index is 572. The van der Waals surface area contributed by atoms with Crippen molar-refractivity contribution in [2.24, 2.45) is 0 Å². The Balaban J connectivity index is 3.01. The fourth-order valence-electron chi connectivity index (χ4n) is 1.68. The fraction of sp³-hybridized carbons (Fsp3) is 0.412. The van der Waals surface area contributed by atoms with Crippen LogP contribution in [-0.2, 0) is 19.0 Å². The molecule has 0 saturated heterocycles. The third kappa shape index (κ3) is 6.10. The van der Waals surface area contributed by atoms with Gasteiger partial charge in [-0.05, 0) is 45.4 Å². The number of hydrogen-bond donors (Lipinski definition) is 0. The van der Waals surface area contributed by atoms with E-state index < -0.39 is 29.6 Å². The van der Waals surface area contributed by atoms with E-state index in [1.54, 1.807) is 27.7 Å². The summed E-state index contributed by atoms with van der Waals surface area (Å²) in [6.07, 6.45) is -2.08. The largest absolute Gasteiger partial charge is 0.509 e. The van der Waals surface area contributed by atoms with E-state index in [2.05, 4.69) is 6.58 Å². The number of esters is 1. The highest BCUT2D eigenvalue weighted by molar-refractivity contribution is 5.89. The number of ether oxygens (including phenoxy) is 3. The minimum atomic E-state index is -1.12. The lowest BCUT2D eigenvalue weighted by molar-refractivity contribution is -0.139. The molecule has 1 rings (SSSR count). The molecule has 0 aliphatic rings. The molecule has 0 aromatic heterocycles. The maximum absolute atomic E-state index is 13.1. The van der Waals surface area contributed by atoms with Gasteiger partial charge in [-0.25, -0.2) is 14.0 Å². The van der Waals surface area contributed by atoms with Crippen molar-refractivity contribution in [2.45, 2.75) is 39.4 Å². The van der Waals surface area contributed by atoms with Crippen molar-refractivity contribution in [1.29, 1.82) is 0 Å². The van der Waals surface area contributed by atoms with Gasteiger partial charge in [-0.3, -0.25) is 0 Å². The first kappa shape index (κ1) is 18.7. The molecular formula is C17H21FO5. The molecule has 0 amide bonds. The van der Waals surface area contributed by atoms with Crippen LogP contribution in [0.3, 0.4) is 0 Å². The molecule has 0 fully saturated rings. The zero-order valence-electron chi connectivity index (χ0n) is 13.7. The molecule has 0 saturated carbocycles. The van der Waals surface area contributed by atoms with Gasteiger partial charge in [0.05, 0.1) is 12.2 Å². The number of rotatable bonds is 5. The highest BCUT2D eigenvalue weighted by Crippen LogP contribution is 2.27. The lowest BCUT2D eigenvalue weighted by atomic mass is 10.0. The van der Waals surface area contributed by atoms with Gasteiger partial charge in [-0.15, -0.1) is 0 Å². The molecule has 0 radical (unpaired) electrons. The molecule has 1 unspecified atom stereocenters. The van der Waals surface area contributed by atoms with Gasteiger partial charge in [0.25, 0.3) is 0 Å². The van der Waals surface area contributed by atoms with Crippen molar-refractivity contribution in [1.82, 2.24) is 0 Å². The van der Waals surface area contributed by atoms with Crippen molar-refractivity contribution in [3.05, 3.63) is 47.8 Å². The second-order valence-corrected chi connectivity index (χ2v) is 5.76. The summed E-state index contributed by atoms with van der Waals surface area (Å²) < 4.78 is 28.2. The summed E-state index contributed by atoms with van der Waals surface area (Å²) in [5.74, 6) is -1.16. The highest BCUT2D eigenvalue weighted by atomic mass is 19.1. The predicted molar refractivity (Wildman–Crippen MR) is 82.2 cm³/mol. The van der Waals surface area contributed by atoms with E-state index in [-0.39, 0.29) is 12.2 Å². The van der Waals surface area contributed by atoms with E-state index in [1.807, 2.05) is 0 Å². The van der Waals surface area contributed by atoms with Crippen LogP contribution in [0.2, 0.25) is 0 Å². The lowest BCUT2D eigenvalue weighted by Crippen LogP contribution is -2.27. The first-order chi connectivity index (χ1) is 10.6. The van der Waals surface area contributed by atoms with Gasteiger partial charge < -0.3 is 14.2 Å². The molecule has 0 bridgehead atoms. The van der Waals surface area contributed by atoms with Crippen LogP contribution in [0.25, 0.3) is 0 Å². The van der Waals surface area contributed by atoms with E-state index >= 15 is 0 Å². The van der Waals surface area contributed by atoms with E-state index in [0.717, 1.165) is 0 Å². The van der Waals surface area contributed by atoms with Gasteiger partial charge >= 0.3 is 12.1 Å². The van der Waals surface area contributed by atoms with E-state index in [0.29, 0.717) is 5.56 Å². The first-order valence-corrected chi connectivity index (χ1v) is 7.15. The van der Waals surface area contributed by atoms with E-state index in [9.17, 15) is 14.0 Å². The molecule has 0 N–H and O–H groups in total. The van der Waals surface area contributed by atoms with E-state index in [4.69, 9.17) is 14.2 Å². The monoisotopic (exact) mass is 324 g/mol. The van der Waals surface area contributed by atoms with Crippen molar-refractivity contribution in [3.63, 3.8) is 0 Å². The second-order valence-electron chi connectivity index (χ2n) is 5.76. The molecule has 6 heteroatoms. The molecule has 1 aromatic carbocycles.